The molecular weight excluding hydrogens is 471 g/mol. The number of nitrogens with zero attached hydrogens (tertiary/aromatic N) is 4. The van der Waals surface area contributed by atoms with E-state index in [4.69, 9.17) is 33.2 Å². The molecule has 0 saturated carbocycles. The second-order valence-electron chi connectivity index (χ2n) is 7.81. The molecule has 0 saturated heterocycles. The molecule has 1 aliphatic rings. The lowest BCUT2D eigenvalue weighted by atomic mass is 9.71. The summed E-state index contributed by atoms with van der Waals surface area (Å²) in [6, 6.07) is 7.47. The van der Waals surface area contributed by atoms with Gasteiger partial charge in [0.25, 0.3) is 0 Å². The Morgan fingerprint density at radius 1 is 0.941 bits per heavy atom. The average molecular weight is 493 g/mol. The number of carbonyl (C=O) groups is 2. The molecule has 0 spiro atoms. The summed E-state index contributed by atoms with van der Waals surface area (Å²) in [4.78, 5) is 41.3. The highest BCUT2D eigenvalue weighted by molar-refractivity contribution is 6.34. The Hall–Kier alpha value is -3.22. The van der Waals surface area contributed by atoms with Crippen molar-refractivity contribution in [3.8, 4) is 0 Å². The van der Waals surface area contributed by atoms with Crippen LogP contribution in [0.1, 0.15) is 63.2 Å². The number of aldehydes is 2. The highest BCUT2D eigenvalue weighted by Crippen LogP contribution is 2.47. The SMILES string of the molecule is CCc1nc(C2(c3cnc(C=O)c(CC)n3)C=CC=C(c3ccccc3Cl)C2Cl)cnc1C=O. The number of allylic oxidation sites excluding steroid dienone is 4. The lowest BCUT2D eigenvalue weighted by Gasteiger charge is -2.38. The van der Waals surface area contributed by atoms with E-state index in [0.717, 1.165) is 11.1 Å². The van der Waals surface area contributed by atoms with Crippen molar-refractivity contribution in [3.63, 3.8) is 0 Å². The number of rotatable bonds is 7. The highest BCUT2D eigenvalue weighted by atomic mass is 35.5. The first kappa shape index (κ1) is 23.9. The van der Waals surface area contributed by atoms with Gasteiger partial charge in [0.2, 0.25) is 0 Å². The van der Waals surface area contributed by atoms with E-state index in [1.807, 2.05) is 56.3 Å². The van der Waals surface area contributed by atoms with Gasteiger partial charge in [-0.2, -0.15) is 0 Å². The summed E-state index contributed by atoms with van der Waals surface area (Å²) in [6.45, 7) is 3.82. The molecule has 0 bridgehead atoms. The van der Waals surface area contributed by atoms with Crippen LogP contribution < -0.4 is 0 Å². The van der Waals surface area contributed by atoms with Crippen LogP contribution in [0.3, 0.4) is 0 Å². The minimum Gasteiger partial charge on any atom is -0.296 e. The van der Waals surface area contributed by atoms with Crippen LogP contribution in [0.4, 0.5) is 0 Å². The van der Waals surface area contributed by atoms with Gasteiger partial charge in [-0.05, 0) is 30.0 Å². The smallest absolute Gasteiger partial charge is 0.170 e. The summed E-state index contributed by atoms with van der Waals surface area (Å²) < 4.78 is 0. The number of hydrogen-bond donors (Lipinski definition) is 0. The van der Waals surface area contributed by atoms with Gasteiger partial charge in [0, 0.05) is 5.02 Å². The van der Waals surface area contributed by atoms with Crippen LogP contribution in [0, 0.1) is 0 Å². The molecular formula is C26H22Cl2N4O2. The van der Waals surface area contributed by atoms with Crippen molar-refractivity contribution in [1.82, 2.24) is 19.9 Å². The van der Waals surface area contributed by atoms with Crippen molar-refractivity contribution in [2.45, 2.75) is 37.5 Å². The Morgan fingerprint density at radius 2 is 1.50 bits per heavy atom. The quantitative estimate of drug-likeness (QED) is 0.332. The molecule has 172 valence electrons. The summed E-state index contributed by atoms with van der Waals surface area (Å²) in [5, 5.41) is -0.114. The summed E-state index contributed by atoms with van der Waals surface area (Å²) in [5.74, 6) is 0. The fourth-order valence-electron chi connectivity index (χ4n) is 4.19. The fourth-order valence-corrected chi connectivity index (χ4v) is 4.92. The zero-order valence-electron chi connectivity index (χ0n) is 18.7. The maximum Gasteiger partial charge on any atom is 0.170 e. The molecule has 1 unspecified atom stereocenters. The van der Waals surface area contributed by atoms with E-state index < -0.39 is 10.8 Å². The number of aromatic nitrogens is 4. The van der Waals surface area contributed by atoms with E-state index in [-0.39, 0.29) is 11.4 Å². The molecule has 4 rings (SSSR count). The van der Waals surface area contributed by atoms with Crippen molar-refractivity contribution < 1.29 is 9.59 Å². The molecule has 0 amide bonds. The van der Waals surface area contributed by atoms with Crippen LogP contribution in [-0.2, 0) is 18.3 Å². The van der Waals surface area contributed by atoms with Gasteiger partial charge in [-0.3, -0.25) is 19.6 Å². The third kappa shape index (κ3) is 3.97. The van der Waals surface area contributed by atoms with Gasteiger partial charge in [0.15, 0.2) is 12.6 Å². The largest absolute Gasteiger partial charge is 0.296 e. The average Bonchev–Trinajstić information content (AvgIpc) is 2.88. The van der Waals surface area contributed by atoms with Crippen LogP contribution in [0.2, 0.25) is 5.02 Å². The number of alkyl halides is 1. The first-order valence-electron chi connectivity index (χ1n) is 10.9. The molecule has 1 aliphatic carbocycles. The number of halogens is 2. The van der Waals surface area contributed by atoms with Gasteiger partial charge in [0.05, 0.1) is 46.0 Å². The fraction of sp³-hybridized carbons (Fsp3) is 0.231. The third-order valence-electron chi connectivity index (χ3n) is 5.99. The molecule has 34 heavy (non-hydrogen) atoms. The molecule has 0 fully saturated rings. The number of benzene rings is 1. The summed E-state index contributed by atoms with van der Waals surface area (Å²) in [7, 11) is 0. The lowest BCUT2D eigenvalue weighted by Crippen LogP contribution is -2.40. The van der Waals surface area contributed by atoms with Crippen molar-refractivity contribution >= 4 is 41.3 Å². The van der Waals surface area contributed by atoms with Crippen LogP contribution in [0.15, 0.2) is 54.9 Å². The van der Waals surface area contributed by atoms with Gasteiger partial charge in [-0.15, -0.1) is 11.6 Å². The predicted molar refractivity (Wildman–Crippen MR) is 133 cm³/mol. The van der Waals surface area contributed by atoms with E-state index in [9.17, 15) is 9.59 Å². The van der Waals surface area contributed by atoms with Crippen LogP contribution >= 0.6 is 23.2 Å². The molecule has 2 aromatic heterocycles. The Labute approximate surface area is 207 Å². The second kappa shape index (κ2) is 9.95. The molecule has 2 heterocycles. The number of carbonyl (C=O) groups excluding carboxylic acids is 2. The predicted octanol–water partition coefficient (Wildman–Crippen LogP) is 5.22. The minimum atomic E-state index is -1.07. The zero-order chi connectivity index (χ0) is 24.3. The first-order chi connectivity index (χ1) is 16.5. The molecule has 1 atom stereocenters. The van der Waals surface area contributed by atoms with Crippen molar-refractivity contribution in [2.24, 2.45) is 0 Å². The van der Waals surface area contributed by atoms with Gasteiger partial charge in [0.1, 0.15) is 11.4 Å². The van der Waals surface area contributed by atoms with E-state index in [2.05, 4.69) is 9.97 Å². The van der Waals surface area contributed by atoms with E-state index >= 15 is 0 Å². The molecule has 8 heteroatoms. The van der Waals surface area contributed by atoms with Crippen molar-refractivity contribution in [1.29, 1.82) is 0 Å². The Kier molecular flexibility index (Phi) is 7.00. The third-order valence-corrected chi connectivity index (χ3v) is 6.90. The lowest BCUT2D eigenvalue weighted by molar-refractivity contribution is 0.111. The van der Waals surface area contributed by atoms with Crippen LogP contribution in [-0.4, -0.2) is 37.9 Å². The summed E-state index contributed by atoms with van der Waals surface area (Å²) in [6.07, 6.45) is 11.3. The van der Waals surface area contributed by atoms with Crippen LogP contribution in [0.5, 0.6) is 0 Å². The standard InChI is InChI=1S/C26H22Cl2N4O2/c1-3-19-21(14-33)29-12-23(31-19)26(24-13-30-22(15-34)20(4-2)32-24)11-7-9-17(25(26)28)16-8-5-6-10-18(16)27/h5-15,25H,3-4H2,1-2H3. The molecule has 0 aliphatic heterocycles. The monoisotopic (exact) mass is 492 g/mol. The molecule has 0 N–H and O–H groups in total. The van der Waals surface area contributed by atoms with E-state index in [1.165, 1.54) is 0 Å². The van der Waals surface area contributed by atoms with Crippen molar-refractivity contribution in [2.75, 3.05) is 0 Å². The number of aryl methyl sites for hydroxylation is 2. The Bertz CT molecular complexity index is 1260. The van der Waals surface area contributed by atoms with Gasteiger partial charge in [-0.25, -0.2) is 9.97 Å². The van der Waals surface area contributed by atoms with E-state index in [0.29, 0.717) is 53.2 Å². The van der Waals surface area contributed by atoms with Crippen LogP contribution in [0.25, 0.3) is 5.57 Å². The molecule has 6 nitrogen and oxygen atoms in total. The Morgan fingerprint density at radius 3 is 2.00 bits per heavy atom. The maximum absolute atomic E-state index is 11.5. The first-order valence-corrected chi connectivity index (χ1v) is 11.7. The van der Waals surface area contributed by atoms with E-state index in [1.54, 1.807) is 12.4 Å². The molecule has 3 aromatic rings. The van der Waals surface area contributed by atoms with Gasteiger partial charge < -0.3 is 0 Å². The maximum atomic E-state index is 11.5. The minimum absolute atomic E-state index is 0.283. The summed E-state index contributed by atoms with van der Waals surface area (Å²) in [5.41, 5.74) is 3.25. The van der Waals surface area contributed by atoms with Gasteiger partial charge in [-0.1, -0.05) is 61.9 Å². The molecule has 1 aromatic carbocycles. The zero-order valence-corrected chi connectivity index (χ0v) is 20.2. The van der Waals surface area contributed by atoms with Gasteiger partial charge >= 0.3 is 0 Å². The Balaban J connectivity index is 2.00. The summed E-state index contributed by atoms with van der Waals surface area (Å²) >= 11 is 13.8. The highest BCUT2D eigenvalue weighted by Gasteiger charge is 2.46. The molecule has 0 radical (unpaired) electrons. The second-order valence-corrected chi connectivity index (χ2v) is 8.65. The normalized spacial score (nSPS) is 16.7. The topological polar surface area (TPSA) is 85.7 Å². The number of hydrogen-bond acceptors (Lipinski definition) is 6. The van der Waals surface area contributed by atoms with Crippen molar-refractivity contribution in [3.05, 3.63) is 99.6 Å².